The number of halogens is 1. The molecule has 0 fully saturated rings. The van der Waals surface area contributed by atoms with Gasteiger partial charge in [-0.15, -0.1) is 0 Å². The molecular formula is C13H15ClN4O. The van der Waals surface area contributed by atoms with Gasteiger partial charge in [-0.1, -0.05) is 18.5 Å². The number of aryl methyl sites for hydroxylation is 1. The number of aromatic nitrogens is 2. The fourth-order valence-corrected chi connectivity index (χ4v) is 2.32. The first-order valence-electron chi connectivity index (χ1n) is 5.96. The van der Waals surface area contributed by atoms with Crippen LogP contribution in [0.25, 0.3) is 5.69 Å². The molecule has 0 saturated heterocycles. The molecule has 6 heteroatoms. The summed E-state index contributed by atoms with van der Waals surface area (Å²) in [5, 5.41) is 0.379. The van der Waals surface area contributed by atoms with E-state index in [9.17, 15) is 4.79 Å². The van der Waals surface area contributed by atoms with E-state index in [0.29, 0.717) is 22.0 Å². The van der Waals surface area contributed by atoms with Gasteiger partial charge in [-0.3, -0.25) is 4.79 Å². The smallest absolute Gasteiger partial charge is 0.250 e. The van der Waals surface area contributed by atoms with Crippen LogP contribution in [0, 0.1) is 0 Å². The molecule has 0 atom stereocenters. The lowest BCUT2D eigenvalue weighted by atomic mass is 10.1. The average molecular weight is 279 g/mol. The lowest BCUT2D eigenvalue weighted by Crippen LogP contribution is -2.16. The van der Waals surface area contributed by atoms with Crippen LogP contribution < -0.4 is 11.5 Å². The molecule has 1 heterocycles. The zero-order valence-corrected chi connectivity index (χ0v) is 11.3. The molecule has 1 amide bonds. The van der Waals surface area contributed by atoms with E-state index in [1.54, 1.807) is 23.0 Å². The van der Waals surface area contributed by atoms with Crippen LogP contribution in [0.1, 0.15) is 29.5 Å². The van der Waals surface area contributed by atoms with Gasteiger partial charge in [0.15, 0.2) is 0 Å². The second-order valence-electron chi connectivity index (χ2n) is 4.23. The van der Waals surface area contributed by atoms with Crippen LogP contribution in [0.15, 0.2) is 24.5 Å². The molecule has 100 valence electrons. The number of benzene rings is 1. The van der Waals surface area contributed by atoms with Gasteiger partial charge in [0.05, 0.1) is 16.3 Å². The first kappa shape index (κ1) is 13.4. The molecule has 0 aliphatic heterocycles. The Balaban J connectivity index is 2.67. The van der Waals surface area contributed by atoms with Crippen LogP contribution in [0.3, 0.4) is 0 Å². The molecular weight excluding hydrogens is 264 g/mol. The Morgan fingerprint density at radius 2 is 2.21 bits per heavy atom. The summed E-state index contributed by atoms with van der Waals surface area (Å²) in [6.07, 6.45) is 5.15. The first-order chi connectivity index (χ1) is 9.04. The quantitative estimate of drug-likeness (QED) is 0.840. The lowest BCUT2D eigenvalue weighted by molar-refractivity contribution is 0.100. The largest absolute Gasteiger partial charge is 0.399 e. The van der Waals surface area contributed by atoms with Crippen molar-refractivity contribution in [1.29, 1.82) is 0 Å². The third kappa shape index (κ3) is 2.56. The SMILES string of the molecule is CCCc1nccn1-c1c(Cl)cc(N)cc1C(N)=O. The van der Waals surface area contributed by atoms with Gasteiger partial charge >= 0.3 is 0 Å². The van der Waals surface area contributed by atoms with Crippen molar-refractivity contribution in [1.82, 2.24) is 9.55 Å². The van der Waals surface area contributed by atoms with Crippen molar-refractivity contribution in [3.8, 4) is 5.69 Å². The van der Waals surface area contributed by atoms with Crippen molar-refractivity contribution in [2.75, 3.05) is 5.73 Å². The van der Waals surface area contributed by atoms with E-state index in [0.717, 1.165) is 18.7 Å². The van der Waals surface area contributed by atoms with Crippen molar-refractivity contribution >= 4 is 23.2 Å². The summed E-state index contributed by atoms with van der Waals surface area (Å²) in [6, 6.07) is 3.12. The molecule has 2 rings (SSSR count). The monoisotopic (exact) mass is 278 g/mol. The van der Waals surface area contributed by atoms with E-state index in [1.165, 1.54) is 6.07 Å². The Morgan fingerprint density at radius 3 is 2.84 bits per heavy atom. The number of carbonyl (C=O) groups excluding carboxylic acids is 1. The van der Waals surface area contributed by atoms with Crippen LogP contribution in [-0.4, -0.2) is 15.5 Å². The van der Waals surface area contributed by atoms with Crippen molar-refractivity contribution in [2.24, 2.45) is 5.73 Å². The Kier molecular flexibility index (Phi) is 3.76. The zero-order valence-electron chi connectivity index (χ0n) is 10.6. The maximum atomic E-state index is 11.6. The maximum absolute atomic E-state index is 11.6. The number of hydrogen-bond acceptors (Lipinski definition) is 3. The van der Waals surface area contributed by atoms with Crippen molar-refractivity contribution in [3.63, 3.8) is 0 Å². The summed E-state index contributed by atoms with van der Waals surface area (Å²) in [5.74, 6) is 0.261. The Morgan fingerprint density at radius 1 is 1.47 bits per heavy atom. The third-order valence-corrected chi connectivity index (χ3v) is 3.07. The number of anilines is 1. The highest BCUT2D eigenvalue weighted by atomic mass is 35.5. The van der Waals surface area contributed by atoms with E-state index in [2.05, 4.69) is 11.9 Å². The van der Waals surface area contributed by atoms with Crippen LogP contribution >= 0.6 is 11.6 Å². The van der Waals surface area contributed by atoms with Crippen LogP contribution in [-0.2, 0) is 6.42 Å². The normalized spacial score (nSPS) is 10.6. The minimum absolute atomic E-state index is 0.292. The fourth-order valence-electron chi connectivity index (χ4n) is 2.00. The molecule has 2 aromatic rings. The number of nitrogens with two attached hydrogens (primary N) is 2. The molecule has 0 radical (unpaired) electrons. The number of primary amides is 1. The lowest BCUT2D eigenvalue weighted by Gasteiger charge is -2.13. The molecule has 0 aliphatic rings. The van der Waals surface area contributed by atoms with Gasteiger partial charge in [-0.25, -0.2) is 4.98 Å². The Hall–Kier alpha value is -2.01. The maximum Gasteiger partial charge on any atom is 0.250 e. The second kappa shape index (κ2) is 5.32. The van der Waals surface area contributed by atoms with Gasteiger partial charge < -0.3 is 16.0 Å². The highest BCUT2D eigenvalue weighted by molar-refractivity contribution is 6.33. The number of rotatable bonds is 4. The molecule has 0 unspecified atom stereocenters. The fraction of sp³-hybridized carbons (Fsp3) is 0.231. The van der Waals surface area contributed by atoms with E-state index in [4.69, 9.17) is 23.1 Å². The van der Waals surface area contributed by atoms with Crippen molar-refractivity contribution in [3.05, 3.63) is 40.9 Å². The van der Waals surface area contributed by atoms with Crippen molar-refractivity contribution < 1.29 is 4.79 Å². The summed E-state index contributed by atoms with van der Waals surface area (Å²) in [4.78, 5) is 15.8. The van der Waals surface area contributed by atoms with Gasteiger partial charge in [-0.05, 0) is 18.6 Å². The predicted molar refractivity (Wildman–Crippen MR) is 75.5 cm³/mol. The summed E-state index contributed by atoms with van der Waals surface area (Å²) >= 11 is 6.21. The highest BCUT2D eigenvalue weighted by Crippen LogP contribution is 2.28. The van der Waals surface area contributed by atoms with Gasteiger partial charge in [0.2, 0.25) is 0 Å². The summed E-state index contributed by atoms with van der Waals surface area (Å²) in [7, 11) is 0. The molecule has 0 bridgehead atoms. The van der Waals surface area contributed by atoms with Gasteiger partial charge in [0.25, 0.3) is 5.91 Å². The van der Waals surface area contributed by atoms with E-state index in [1.807, 2.05) is 0 Å². The number of carbonyl (C=O) groups is 1. The number of amides is 1. The minimum Gasteiger partial charge on any atom is -0.399 e. The molecule has 1 aromatic carbocycles. The second-order valence-corrected chi connectivity index (χ2v) is 4.63. The first-order valence-corrected chi connectivity index (χ1v) is 6.33. The zero-order chi connectivity index (χ0) is 14.0. The van der Waals surface area contributed by atoms with E-state index >= 15 is 0 Å². The average Bonchev–Trinajstić information content (AvgIpc) is 2.76. The highest BCUT2D eigenvalue weighted by Gasteiger charge is 2.17. The van der Waals surface area contributed by atoms with Crippen LogP contribution in [0.4, 0.5) is 5.69 Å². The number of nitrogens with zero attached hydrogens (tertiary/aromatic N) is 2. The van der Waals surface area contributed by atoms with Crippen LogP contribution in [0.5, 0.6) is 0 Å². The standard InChI is InChI=1S/C13H15ClN4O/c1-2-3-11-17-4-5-18(11)12-9(13(16)19)6-8(15)7-10(12)14/h4-7H,2-3,15H2,1H3,(H2,16,19). The number of nitrogen functional groups attached to an aromatic ring is 1. The molecule has 4 N–H and O–H groups in total. The summed E-state index contributed by atoms with van der Waals surface area (Å²) in [6.45, 7) is 2.05. The van der Waals surface area contributed by atoms with E-state index in [-0.39, 0.29) is 0 Å². The molecule has 5 nitrogen and oxygen atoms in total. The van der Waals surface area contributed by atoms with Crippen molar-refractivity contribution in [2.45, 2.75) is 19.8 Å². The molecule has 19 heavy (non-hydrogen) atoms. The van der Waals surface area contributed by atoms with Gasteiger partial charge in [0.1, 0.15) is 5.82 Å². The van der Waals surface area contributed by atoms with Gasteiger partial charge in [0, 0.05) is 24.5 Å². The third-order valence-electron chi connectivity index (χ3n) is 2.78. The predicted octanol–water partition coefficient (Wildman–Crippen LogP) is 2.16. The number of hydrogen-bond donors (Lipinski definition) is 2. The molecule has 1 aromatic heterocycles. The topological polar surface area (TPSA) is 86.9 Å². The Labute approximate surface area is 116 Å². The van der Waals surface area contributed by atoms with E-state index < -0.39 is 5.91 Å². The minimum atomic E-state index is -0.569. The molecule has 0 aliphatic carbocycles. The summed E-state index contributed by atoms with van der Waals surface area (Å²) < 4.78 is 1.78. The Bertz CT molecular complexity index is 621. The molecule has 0 saturated carbocycles. The van der Waals surface area contributed by atoms with Crippen LogP contribution in [0.2, 0.25) is 5.02 Å². The molecule has 0 spiro atoms. The summed E-state index contributed by atoms with van der Waals surface area (Å²) in [5.41, 5.74) is 12.3. The number of imidazole rings is 1. The van der Waals surface area contributed by atoms with Gasteiger partial charge in [-0.2, -0.15) is 0 Å².